The van der Waals surface area contributed by atoms with E-state index in [1.54, 1.807) is 18.3 Å². The monoisotopic (exact) mass is 383 g/mol. The average Bonchev–Trinajstić information content (AvgIpc) is 2.64. The van der Waals surface area contributed by atoms with E-state index in [2.05, 4.69) is 20.6 Å². The second-order valence-electron chi connectivity index (χ2n) is 6.07. The topological polar surface area (TPSA) is 110 Å². The van der Waals surface area contributed by atoms with E-state index in [1.807, 2.05) is 37.3 Å². The number of hydrogen-bond acceptors (Lipinski definition) is 6. The minimum absolute atomic E-state index is 0.109. The molecule has 140 valence electrons. The molecule has 3 aromatic rings. The summed E-state index contributed by atoms with van der Waals surface area (Å²) in [5, 5.41) is 11.6. The molecule has 0 aliphatic heterocycles. The van der Waals surface area contributed by atoms with Gasteiger partial charge >= 0.3 is 0 Å². The highest BCUT2D eigenvalue weighted by molar-refractivity contribution is 7.89. The Kier molecular flexibility index (Phi) is 5.68. The third-order valence-electron chi connectivity index (χ3n) is 4.01. The molecule has 0 aliphatic carbocycles. The van der Waals surface area contributed by atoms with Gasteiger partial charge in [-0.2, -0.15) is 4.98 Å². The van der Waals surface area contributed by atoms with E-state index in [0.717, 1.165) is 16.8 Å². The number of aromatic nitrogens is 2. The van der Waals surface area contributed by atoms with E-state index < -0.39 is 10.0 Å². The van der Waals surface area contributed by atoms with Crippen molar-refractivity contribution in [3.63, 3.8) is 0 Å². The van der Waals surface area contributed by atoms with Crippen LogP contribution in [0.3, 0.4) is 0 Å². The van der Waals surface area contributed by atoms with Crippen molar-refractivity contribution in [2.75, 3.05) is 17.2 Å². The number of aryl methyl sites for hydroxylation is 1. The number of rotatable bonds is 7. The molecule has 0 aliphatic rings. The predicted octanol–water partition coefficient (Wildman–Crippen LogP) is 2.83. The highest BCUT2D eigenvalue weighted by Crippen LogP contribution is 2.19. The molecule has 27 heavy (non-hydrogen) atoms. The minimum Gasteiger partial charge on any atom is -0.354 e. The lowest BCUT2D eigenvalue weighted by atomic mass is 10.1. The van der Waals surface area contributed by atoms with Crippen LogP contribution in [0.2, 0.25) is 0 Å². The van der Waals surface area contributed by atoms with Crippen molar-refractivity contribution in [2.45, 2.75) is 18.2 Å². The van der Waals surface area contributed by atoms with Crippen molar-refractivity contribution in [1.29, 1.82) is 0 Å². The SMILES string of the molecule is Cc1ccccc1Nc1ccnc(NCCc2ccc(S(N)(=O)=O)cc2)n1. The molecule has 0 atom stereocenters. The first-order chi connectivity index (χ1) is 12.9. The van der Waals surface area contributed by atoms with Gasteiger partial charge in [0.25, 0.3) is 0 Å². The Morgan fingerprint density at radius 3 is 2.48 bits per heavy atom. The molecule has 0 fully saturated rings. The van der Waals surface area contributed by atoms with Gasteiger partial charge in [0.05, 0.1) is 4.90 Å². The molecule has 0 spiro atoms. The van der Waals surface area contributed by atoms with Gasteiger partial charge < -0.3 is 10.6 Å². The highest BCUT2D eigenvalue weighted by Gasteiger charge is 2.07. The summed E-state index contributed by atoms with van der Waals surface area (Å²) >= 11 is 0. The first-order valence-corrected chi connectivity index (χ1v) is 9.98. The molecule has 1 aromatic heterocycles. The second-order valence-corrected chi connectivity index (χ2v) is 7.63. The normalized spacial score (nSPS) is 11.2. The van der Waals surface area contributed by atoms with Crippen LogP contribution in [0, 0.1) is 6.92 Å². The van der Waals surface area contributed by atoms with Gasteiger partial charge in [-0.3, -0.25) is 0 Å². The summed E-state index contributed by atoms with van der Waals surface area (Å²) in [6, 6.07) is 16.3. The maximum absolute atomic E-state index is 11.3. The van der Waals surface area contributed by atoms with Gasteiger partial charge in [-0.15, -0.1) is 0 Å². The third-order valence-corrected chi connectivity index (χ3v) is 4.94. The molecule has 0 bridgehead atoms. The third kappa shape index (κ3) is 5.25. The number of benzene rings is 2. The summed E-state index contributed by atoms with van der Waals surface area (Å²) in [7, 11) is -3.66. The van der Waals surface area contributed by atoms with Crippen LogP contribution in [0.25, 0.3) is 0 Å². The fraction of sp³-hybridized carbons (Fsp3) is 0.158. The van der Waals surface area contributed by atoms with E-state index in [4.69, 9.17) is 5.14 Å². The molecular weight excluding hydrogens is 362 g/mol. The molecule has 7 nitrogen and oxygen atoms in total. The molecule has 0 radical (unpaired) electrons. The van der Waals surface area contributed by atoms with Crippen LogP contribution in [0.4, 0.5) is 17.5 Å². The Morgan fingerprint density at radius 1 is 1.04 bits per heavy atom. The van der Waals surface area contributed by atoms with Gasteiger partial charge in [0.1, 0.15) is 5.82 Å². The van der Waals surface area contributed by atoms with Crippen LogP contribution in [0.1, 0.15) is 11.1 Å². The summed E-state index contributed by atoms with van der Waals surface area (Å²) in [6.07, 6.45) is 2.39. The molecule has 4 N–H and O–H groups in total. The second kappa shape index (κ2) is 8.15. The molecule has 1 heterocycles. The lowest BCUT2D eigenvalue weighted by molar-refractivity contribution is 0.598. The Morgan fingerprint density at radius 2 is 1.78 bits per heavy atom. The van der Waals surface area contributed by atoms with Crippen LogP contribution in [0.5, 0.6) is 0 Å². The number of primary sulfonamides is 1. The highest BCUT2D eigenvalue weighted by atomic mass is 32.2. The number of nitrogens with one attached hydrogen (secondary N) is 2. The number of nitrogens with two attached hydrogens (primary N) is 1. The fourth-order valence-corrected chi connectivity index (χ4v) is 3.04. The summed E-state index contributed by atoms with van der Waals surface area (Å²) < 4.78 is 22.5. The quantitative estimate of drug-likeness (QED) is 0.579. The van der Waals surface area contributed by atoms with E-state index in [9.17, 15) is 8.42 Å². The number of nitrogens with zero attached hydrogens (tertiary/aromatic N) is 2. The van der Waals surface area contributed by atoms with E-state index in [1.165, 1.54) is 12.1 Å². The van der Waals surface area contributed by atoms with Gasteiger partial charge in [0, 0.05) is 18.4 Å². The molecule has 0 amide bonds. The van der Waals surface area contributed by atoms with Crippen LogP contribution < -0.4 is 15.8 Å². The molecule has 0 saturated carbocycles. The Labute approximate surface area is 158 Å². The standard InChI is InChI=1S/C19H21N5O2S/c1-14-4-2-3-5-17(14)23-18-11-13-22-19(24-18)21-12-10-15-6-8-16(9-7-15)27(20,25)26/h2-9,11,13H,10,12H2,1H3,(H2,20,25,26)(H2,21,22,23,24). The fourth-order valence-electron chi connectivity index (χ4n) is 2.53. The summed E-state index contributed by atoms with van der Waals surface area (Å²) in [6.45, 7) is 2.65. The Hall–Kier alpha value is -2.97. The lowest BCUT2D eigenvalue weighted by Crippen LogP contribution is -2.12. The van der Waals surface area contributed by atoms with Gasteiger partial charge in [-0.05, 0) is 48.7 Å². The molecule has 2 aromatic carbocycles. The van der Waals surface area contributed by atoms with E-state index in [0.29, 0.717) is 24.7 Å². The number of hydrogen-bond donors (Lipinski definition) is 3. The van der Waals surface area contributed by atoms with Crippen molar-refractivity contribution >= 4 is 27.5 Å². The number of sulfonamides is 1. The van der Waals surface area contributed by atoms with Crippen molar-refractivity contribution in [2.24, 2.45) is 5.14 Å². The maximum Gasteiger partial charge on any atom is 0.238 e. The average molecular weight is 383 g/mol. The summed E-state index contributed by atoms with van der Waals surface area (Å²) in [5.74, 6) is 1.23. The molecule has 3 rings (SSSR count). The van der Waals surface area contributed by atoms with Crippen LogP contribution >= 0.6 is 0 Å². The Balaban J connectivity index is 1.58. The maximum atomic E-state index is 11.3. The van der Waals surface area contributed by atoms with Crippen molar-refractivity contribution in [1.82, 2.24) is 9.97 Å². The number of para-hydroxylation sites is 1. The zero-order chi connectivity index (χ0) is 19.3. The minimum atomic E-state index is -3.66. The first-order valence-electron chi connectivity index (χ1n) is 8.43. The van der Waals surface area contributed by atoms with Crippen LogP contribution in [0.15, 0.2) is 65.7 Å². The Bertz CT molecular complexity index is 1020. The lowest BCUT2D eigenvalue weighted by Gasteiger charge is -2.10. The number of anilines is 3. The largest absolute Gasteiger partial charge is 0.354 e. The van der Waals surface area contributed by atoms with Crippen LogP contribution in [-0.2, 0) is 16.4 Å². The first kappa shape index (κ1) is 18.8. The smallest absolute Gasteiger partial charge is 0.238 e. The van der Waals surface area contributed by atoms with Gasteiger partial charge in [-0.25, -0.2) is 18.5 Å². The zero-order valence-electron chi connectivity index (χ0n) is 14.9. The van der Waals surface area contributed by atoms with Crippen molar-refractivity contribution in [3.8, 4) is 0 Å². The van der Waals surface area contributed by atoms with Crippen LogP contribution in [-0.4, -0.2) is 24.9 Å². The predicted molar refractivity (Wildman–Crippen MR) is 107 cm³/mol. The summed E-state index contributed by atoms with van der Waals surface area (Å²) in [4.78, 5) is 8.79. The van der Waals surface area contributed by atoms with Gasteiger partial charge in [0.2, 0.25) is 16.0 Å². The summed E-state index contributed by atoms with van der Waals surface area (Å²) in [5.41, 5.74) is 3.12. The zero-order valence-corrected chi connectivity index (χ0v) is 15.7. The van der Waals surface area contributed by atoms with Gasteiger partial charge in [0.15, 0.2) is 0 Å². The molecule has 8 heteroatoms. The molecule has 0 saturated heterocycles. The van der Waals surface area contributed by atoms with Gasteiger partial charge in [-0.1, -0.05) is 30.3 Å². The molecule has 0 unspecified atom stereocenters. The van der Waals surface area contributed by atoms with E-state index >= 15 is 0 Å². The van der Waals surface area contributed by atoms with Crippen molar-refractivity contribution < 1.29 is 8.42 Å². The van der Waals surface area contributed by atoms with Crippen molar-refractivity contribution in [3.05, 3.63) is 71.9 Å². The van der Waals surface area contributed by atoms with E-state index in [-0.39, 0.29) is 4.90 Å². The molecular formula is C19H21N5O2S.